The second-order valence-corrected chi connectivity index (χ2v) is 4.90. The molecule has 0 aliphatic carbocycles. The Hall–Kier alpha value is -1.42. The zero-order valence-electron chi connectivity index (χ0n) is 10.4. The largest absolute Gasteiger partial charge is 0.271 e. The lowest BCUT2D eigenvalue weighted by molar-refractivity contribution is 0.520. The maximum Gasteiger partial charge on any atom is 0.123 e. The van der Waals surface area contributed by atoms with Gasteiger partial charge in [-0.25, -0.2) is 4.39 Å². The van der Waals surface area contributed by atoms with Crippen molar-refractivity contribution in [2.24, 2.45) is 5.84 Å². The highest BCUT2D eigenvalue weighted by Gasteiger charge is 2.11. The van der Waals surface area contributed by atoms with Crippen LogP contribution < -0.4 is 11.3 Å². The Morgan fingerprint density at radius 3 is 2.58 bits per heavy atom. The summed E-state index contributed by atoms with van der Waals surface area (Å²) < 4.78 is 13.1. The fourth-order valence-corrected chi connectivity index (χ4v) is 2.28. The lowest BCUT2D eigenvalue weighted by atomic mass is 9.99. The Bertz CT molecular complexity index is 545. The van der Waals surface area contributed by atoms with E-state index < -0.39 is 0 Å². The minimum atomic E-state index is -0.231. The first kappa shape index (κ1) is 14.0. The van der Waals surface area contributed by atoms with Crippen LogP contribution in [0.25, 0.3) is 0 Å². The quantitative estimate of drug-likeness (QED) is 0.651. The number of hydrogen-bond donors (Lipinski definition) is 2. The van der Waals surface area contributed by atoms with E-state index in [1.54, 1.807) is 6.07 Å². The molecule has 3 N–H and O–H groups in total. The molecule has 2 nitrogen and oxygen atoms in total. The normalized spacial score (nSPS) is 12.4. The average Bonchev–Trinajstić information content (AvgIpc) is 2.40. The fourth-order valence-electron chi connectivity index (χ4n) is 2.07. The van der Waals surface area contributed by atoms with Crippen LogP contribution in [0.5, 0.6) is 0 Å². The van der Waals surface area contributed by atoms with Gasteiger partial charge in [-0.2, -0.15) is 0 Å². The highest BCUT2D eigenvalue weighted by atomic mass is 35.5. The van der Waals surface area contributed by atoms with Gasteiger partial charge < -0.3 is 0 Å². The highest BCUT2D eigenvalue weighted by molar-refractivity contribution is 6.31. The summed E-state index contributed by atoms with van der Waals surface area (Å²) >= 11 is 6.12. The fraction of sp³-hybridized carbons (Fsp3) is 0.200. The summed E-state index contributed by atoms with van der Waals surface area (Å²) in [6.07, 6.45) is 1.35. The minimum absolute atomic E-state index is 0.0155. The van der Waals surface area contributed by atoms with E-state index in [9.17, 15) is 4.39 Å². The Morgan fingerprint density at radius 1 is 1.11 bits per heavy atom. The van der Waals surface area contributed by atoms with Gasteiger partial charge in [-0.3, -0.25) is 11.3 Å². The third-order valence-electron chi connectivity index (χ3n) is 3.03. The summed E-state index contributed by atoms with van der Waals surface area (Å²) in [5.41, 5.74) is 4.71. The number of rotatable bonds is 5. The summed E-state index contributed by atoms with van der Waals surface area (Å²) in [4.78, 5) is 0. The number of nitrogens with two attached hydrogens (primary N) is 1. The molecule has 0 aliphatic heterocycles. The topological polar surface area (TPSA) is 38.0 Å². The van der Waals surface area contributed by atoms with Crippen LogP contribution in [0.4, 0.5) is 4.39 Å². The first-order valence-corrected chi connectivity index (χ1v) is 6.51. The molecule has 100 valence electrons. The molecule has 0 saturated carbocycles. The summed E-state index contributed by atoms with van der Waals surface area (Å²) in [6, 6.07) is 14.2. The molecule has 4 heteroatoms. The zero-order valence-corrected chi connectivity index (χ0v) is 11.2. The highest BCUT2D eigenvalue weighted by Crippen LogP contribution is 2.18. The lowest BCUT2D eigenvalue weighted by Crippen LogP contribution is -2.38. The Kier molecular flexibility index (Phi) is 4.91. The van der Waals surface area contributed by atoms with E-state index in [1.807, 2.05) is 30.3 Å². The Labute approximate surface area is 117 Å². The molecule has 2 rings (SSSR count). The lowest BCUT2D eigenvalue weighted by Gasteiger charge is -2.16. The van der Waals surface area contributed by atoms with Crippen molar-refractivity contribution in [2.75, 3.05) is 0 Å². The predicted molar refractivity (Wildman–Crippen MR) is 76.4 cm³/mol. The van der Waals surface area contributed by atoms with Crippen molar-refractivity contribution in [1.82, 2.24) is 5.43 Å². The van der Waals surface area contributed by atoms with Crippen molar-refractivity contribution in [3.05, 3.63) is 70.5 Å². The van der Waals surface area contributed by atoms with Crippen molar-refractivity contribution in [2.45, 2.75) is 18.9 Å². The monoisotopic (exact) mass is 278 g/mol. The molecule has 2 aromatic carbocycles. The molecule has 0 spiro atoms. The number of nitrogens with one attached hydrogen (secondary N) is 1. The Balaban J connectivity index is 2.07. The van der Waals surface area contributed by atoms with Gasteiger partial charge in [-0.05, 0) is 42.2 Å². The molecule has 0 fully saturated rings. The van der Waals surface area contributed by atoms with Gasteiger partial charge in [0.2, 0.25) is 0 Å². The SMILES string of the molecule is NNC(Cc1cccc(F)c1)Cc1ccccc1Cl. The van der Waals surface area contributed by atoms with Crippen molar-refractivity contribution in [3.8, 4) is 0 Å². The van der Waals surface area contributed by atoms with Gasteiger partial charge in [-0.15, -0.1) is 0 Å². The van der Waals surface area contributed by atoms with Crippen molar-refractivity contribution >= 4 is 11.6 Å². The van der Waals surface area contributed by atoms with Gasteiger partial charge in [0.05, 0.1) is 0 Å². The van der Waals surface area contributed by atoms with Crippen LogP contribution in [0, 0.1) is 5.82 Å². The maximum absolute atomic E-state index is 13.1. The van der Waals surface area contributed by atoms with Crippen LogP contribution in [0.1, 0.15) is 11.1 Å². The maximum atomic E-state index is 13.1. The first-order chi connectivity index (χ1) is 9.19. The van der Waals surface area contributed by atoms with Crippen molar-refractivity contribution < 1.29 is 4.39 Å². The summed E-state index contributed by atoms with van der Waals surface area (Å²) in [5.74, 6) is 5.34. The molecule has 0 radical (unpaired) electrons. The van der Waals surface area contributed by atoms with Crippen LogP contribution in [-0.4, -0.2) is 6.04 Å². The van der Waals surface area contributed by atoms with Crippen LogP contribution >= 0.6 is 11.6 Å². The molecule has 19 heavy (non-hydrogen) atoms. The summed E-state index contributed by atoms with van der Waals surface area (Å²) in [7, 11) is 0. The van der Waals surface area contributed by atoms with E-state index in [-0.39, 0.29) is 11.9 Å². The average molecular weight is 279 g/mol. The third kappa shape index (κ3) is 4.03. The van der Waals surface area contributed by atoms with E-state index in [1.165, 1.54) is 12.1 Å². The molecule has 0 bridgehead atoms. The van der Waals surface area contributed by atoms with Gasteiger partial charge in [0, 0.05) is 11.1 Å². The number of hydrazine groups is 1. The molecule has 1 unspecified atom stereocenters. The molecule has 0 aromatic heterocycles. The van der Waals surface area contributed by atoms with Crippen molar-refractivity contribution in [1.29, 1.82) is 0 Å². The van der Waals surface area contributed by atoms with Gasteiger partial charge >= 0.3 is 0 Å². The molecule has 2 aromatic rings. The van der Waals surface area contributed by atoms with Gasteiger partial charge in [0.25, 0.3) is 0 Å². The molecule has 1 atom stereocenters. The Morgan fingerprint density at radius 2 is 1.89 bits per heavy atom. The molecular weight excluding hydrogens is 263 g/mol. The molecule has 0 heterocycles. The molecule has 0 saturated heterocycles. The first-order valence-electron chi connectivity index (χ1n) is 6.13. The molecule has 0 aliphatic rings. The van der Waals surface area contributed by atoms with E-state index in [0.717, 1.165) is 16.1 Å². The van der Waals surface area contributed by atoms with E-state index in [0.29, 0.717) is 12.8 Å². The molecular formula is C15H16ClFN2. The van der Waals surface area contributed by atoms with E-state index in [4.69, 9.17) is 17.4 Å². The summed E-state index contributed by atoms with van der Waals surface area (Å²) in [6.45, 7) is 0. The third-order valence-corrected chi connectivity index (χ3v) is 3.40. The van der Waals surface area contributed by atoms with Crippen molar-refractivity contribution in [3.63, 3.8) is 0 Å². The van der Waals surface area contributed by atoms with Gasteiger partial charge in [0.1, 0.15) is 5.82 Å². The predicted octanol–water partition coefficient (Wildman–Crippen LogP) is 3.10. The van der Waals surface area contributed by atoms with Crippen LogP contribution in [0.15, 0.2) is 48.5 Å². The standard InChI is InChI=1S/C15H16ClFN2/c16-15-7-2-1-5-12(15)10-14(19-18)9-11-4-3-6-13(17)8-11/h1-8,14,19H,9-10,18H2. The van der Waals surface area contributed by atoms with Crippen LogP contribution in [0.3, 0.4) is 0 Å². The van der Waals surface area contributed by atoms with Crippen LogP contribution in [0.2, 0.25) is 5.02 Å². The number of halogens is 2. The second-order valence-electron chi connectivity index (χ2n) is 4.49. The summed E-state index contributed by atoms with van der Waals surface area (Å²) in [5, 5.41) is 0.724. The second kappa shape index (κ2) is 6.66. The van der Waals surface area contributed by atoms with E-state index >= 15 is 0 Å². The van der Waals surface area contributed by atoms with Crippen LogP contribution in [-0.2, 0) is 12.8 Å². The minimum Gasteiger partial charge on any atom is -0.271 e. The van der Waals surface area contributed by atoms with E-state index in [2.05, 4.69) is 5.43 Å². The smallest absolute Gasteiger partial charge is 0.123 e. The zero-order chi connectivity index (χ0) is 13.7. The molecule has 0 amide bonds. The van der Waals surface area contributed by atoms with Gasteiger partial charge in [-0.1, -0.05) is 41.9 Å². The number of benzene rings is 2. The van der Waals surface area contributed by atoms with Gasteiger partial charge in [0.15, 0.2) is 0 Å². The number of hydrogen-bond acceptors (Lipinski definition) is 2.